The second-order valence-corrected chi connectivity index (χ2v) is 8.07. The summed E-state index contributed by atoms with van der Waals surface area (Å²) in [7, 11) is 0. The number of aliphatic hydroxyl groups is 1. The molecule has 0 aromatic heterocycles. The van der Waals surface area contributed by atoms with Crippen LogP contribution < -0.4 is 4.90 Å². The molecule has 1 N–H and O–H groups in total. The van der Waals surface area contributed by atoms with Crippen LogP contribution in [0.1, 0.15) is 31.2 Å². The molecule has 5 nitrogen and oxygen atoms in total. The lowest BCUT2D eigenvalue weighted by molar-refractivity contribution is -0.135. The molecule has 26 heavy (non-hydrogen) atoms. The average Bonchev–Trinajstić information content (AvgIpc) is 3.20. The Morgan fingerprint density at radius 1 is 1.19 bits per heavy atom. The van der Waals surface area contributed by atoms with Crippen LogP contribution in [0.3, 0.4) is 0 Å². The third-order valence-corrected chi connectivity index (χ3v) is 6.28. The Bertz CT molecular complexity index is 738. The van der Waals surface area contributed by atoms with Crippen molar-refractivity contribution < 1.29 is 19.1 Å². The summed E-state index contributed by atoms with van der Waals surface area (Å²) in [6.07, 6.45) is 2.49. The molecule has 4 unspecified atom stereocenters. The van der Waals surface area contributed by atoms with Crippen molar-refractivity contribution in [1.29, 1.82) is 0 Å². The summed E-state index contributed by atoms with van der Waals surface area (Å²) in [5.41, 5.74) is 1.06. The third-order valence-electron chi connectivity index (χ3n) is 6.28. The maximum atomic E-state index is 13.8. The first-order valence-electron chi connectivity index (χ1n) is 9.45. The summed E-state index contributed by atoms with van der Waals surface area (Å²) >= 11 is 0. The van der Waals surface area contributed by atoms with Crippen molar-refractivity contribution in [3.8, 4) is 0 Å². The number of aryl methyl sites for hydroxylation is 1. The van der Waals surface area contributed by atoms with Crippen LogP contribution in [0.4, 0.5) is 10.1 Å². The van der Waals surface area contributed by atoms with Crippen molar-refractivity contribution >= 4 is 17.5 Å². The van der Waals surface area contributed by atoms with Gasteiger partial charge < -0.3 is 14.9 Å². The highest BCUT2D eigenvalue weighted by Gasteiger charge is 2.43. The molecule has 0 radical (unpaired) electrons. The summed E-state index contributed by atoms with van der Waals surface area (Å²) in [5.74, 6) is 0.0454. The molecule has 2 heterocycles. The number of nitrogens with zero attached hydrogens (tertiary/aromatic N) is 2. The molecule has 3 fully saturated rings. The van der Waals surface area contributed by atoms with Crippen molar-refractivity contribution in [2.24, 2.45) is 17.8 Å². The first-order valence-corrected chi connectivity index (χ1v) is 9.45. The van der Waals surface area contributed by atoms with Crippen LogP contribution in [0.15, 0.2) is 18.2 Å². The molecule has 4 atom stereocenters. The monoisotopic (exact) mass is 360 g/mol. The highest BCUT2D eigenvalue weighted by Crippen LogP contribution is 2.37. The van der Waals surface area contributed by atoms with Crippen molar-refractivity contribution in [3.05, 3.63) is 29.6 Å². The summed E-state index contributed by atoms with van der Waals surface area (Å²) in [6, 6.07) is 4.75. The summed E-state index contributed by atoms with van der Waals surface area (Å²) in [5, 5.41) is 9.84. The van der Waals surface area contributed by atoms with E-state index in [1.807, 2.05) is 4.90 Å². The molecule has 1 aromatic rings. The van der Waals surface area contributed by atoms with Gasteiger partial charge in [0, 0.05) is 31.7 Å². The van der Waals surface area contributed by atoms with Gasteiger partial charge in [-0.25, -0.2) is 4.39 Å². The van der Waals surface area contributed by atoms with Gasteiger partial charge in [0.25, 0.3) is 0 Å². The third kappa shape index (κ3) is 3.11. The largest absolute Gasteiger partial charge is 0.393 e. The van der Waals surface area contributed by atoms with Crippen molar-refractivity contribution in [2.75, 3.05) is 24.5 Å². The normalized spacial score (nSPS) is 31.4. The Kier molecular flexibility index (Phi) is 4.47. The number of hydrogen-bond donors (Lipinski definition) is 1. The van der Waals surface area contributed by atoms with Crippen LogP contribution in [0.5, 0.6) is 0 Å². The topological polar surface area (TPSA) is 60.9 Å². The number of rotatable bonds is 2. The van der Waals surface area contributed by atoms with Crippen LogP contribution in [0, 0.1) is 30.5 Å². The van der Waals surface area contributed by atoms with E-state index in [2.05, 4.69) is 0 Å². The summed E-state index contributed by atoms with van der Waals surface area (Å²) in [6.45, 7) is 3.42. The van der Waals surface area contributed by atoms with Crippen LogP contribution in [0.2, 0.25) is 0 Å². The van der Waals surface area contributed by atoms with Gasteiger partial charge in [0.1, 0.15) is 5.82 Å². The highest BCUT2D eigenvalue weighted by atomic mass is 19.1. The lowest BCUT2D eigenvalue weighted by atomic mass is 9.80. The summed E-state index contributed by atoms with van der Waals surface area (Å²) < 4.78 is 13.8. The van der Waals surface area contributed by atoms with Gasteiger partial charge in [0.05, 0.1) is 12.0 Å². The Hall–Kier alpha value is -1.95. The average molecular weight is 360 g/mol. The summed E-state index contributed by atoms with van der Waals surface area (Å²) in [4.78, 5) is 28.7. The van der Waals surface area contributed by atoms with Gasteiger partial charge in [0.15, 0.2) is 0 Å². The van der Waals surface area contributed by atoms with E-state index < -0.39 is 0 Å². The van der Waals surface area contributed by atoms with E-state index in [-0.39, 0.29) is 36.1 Å². The minimum Gasteiger partial charge on any atom is -0.393 e. The predicted molar refractivity (Wildman–Crippen MR) is 95.0 cm³/mol. The minimum absolute atomic E-state index is 0.0253. The van der Waals surface area contributed by atoms with Gasteiger partial charge >= 0.3 is 0 Å². The fourth-order valence-corrected chi connectivity index (χ4v) is 4.72. The second kappa shape index (κ2) is 6.65. The fraction of sp³-hybridized carbons (Fsp3) is 0.600. The Labute approximate surface area is 152 Å². The fourth-order valence-electron chi connectivity index (χ4n) is 4.72. The van der Waals surface area contributed by atoms with E-state index in [0.29, 0.717) is 36.2 Å². The SMILES string of the molecule is Cc1ccc(N2CC(C(=O)N3CC4CCC(O)CC4C3)CC2=O)cc1F. The molecule has 6 heteroatoms. The zero-order chi connectivity index (χ0) is 18.4. The number of hydrogen-bond acceptors (Lipinski definition) is 3. The predicted octanol–water partition coefficient (Wildman–Crippen LogP) is 2.11. The van der Waals surface area contributed by atoms with Gasteiger partial charge in [-0.3, -0.25) is 9.59 Å². The zero-order valence-corrected chi connectivity index (χ0v) is 15.0. The molecule has 3 aliphatic rings. The van der Waals surface area contributed by atoms with E-state index in [9.17, 15) is 19.1 Å². The molecule has 1 aromatic carbocycles. The number of anilines is 1. The van der Waals surface area contributed by atoms with Gasteiger partial charge in [-0.2, -0.15) is 0 Å². The van der Waals surface area contributed by atoms with Gasteiger partial charge in [-0.15, -0.1) is 0 Å². The van der Waals surface area contributed by atoms with Crippen molar-refractivity contribution in [1.82, 2.24) is 4.90 Å². The number of carbonyl (C=O) groups excluding carboxylic acids is 2. The Morgan fingerprint density at radius 2 is 1.96 bits per heavy atom. The van der Waals surface area contributed by atoms with Crippen molar-refractivity contribution in [2.45, 2.75) is 38.7 Å². The zero-order valence-electron chi connectivity index (χ0n) is 15.0. The number of halogens is 1. The number of likely N-dealkylation sites (tertiary alicyclic amines) is 1. The van der Waals surface area contributed by atoms with E-state index >= 15 is 0 Å². The van der Waals surface area contributed by atoms with Crippen LogP contribution in [-0.2, 0) is 9.59 Å². The number of aliphatic hydroxyl groups excluding tert-OH is 1. The molecule has 4 rings (SSSR count). The lowest BCUT2D eigenvalue weighted by Crippen LogP contribution is -2.36. The second-order valence-electron chi connectivity index (χ2n) is 8.07. The van der Waals surface area contributed by atoms with Gasteiger partial charge in [-0.05, 0) is 55.7 Å². The van der Waals surface area contributed by atoms with E-state index in [1.54, 1.807) is 19.1 Å². The molecule has 2 aliphatic heterocycles. The molecule has 140 valence electrons. The highest BCUT2D eigenvalue weighted by molar-refractivity contribution is 6.00. The molecule has 1 aliphatic carbocycles. The molecule has 2 saturated heterocycles. The maximum absolute atomic E-state index is 13.8. The van der Waals surface area contributed by atoms with Crippen LogP contribution in [0.25, 0.3) is 0 Å². The van der Waals surface area contributed by atoms with Crippen molar-refractivity contribution in [3.63, 3.8) is 0 Å². The number of fused-ring (bicyclic) bond motifs is 1. The standard InChI is InChI=1S/C20H25FN2O3/c1-12-2-4-16(8-18(12)21)23-11-15(7-19(23)25)20(26)22-9-13-3-5-17(24)6-14(13)10-22/h2,4,8,13-15,17,24H,3,5-7,9-11H2,1H3. The molecular weight excluding hydrogens is 335 g/mol. The molecular formula is C20H25FN2O3. The number of benzene rings is 1. The van der Waals surface area contributed by atoms with E-state index in [1.165, 1.54) is 11.0 Å². The Balaban J connectivity index is 1.43. The molecule has 1 saturated carbocycles. The number of carbonyl (C=O) groups is 2. The Morgan fingerprint density at radius 3 is 2.73 bits per heavy atom. The van der Waals surface area contributed by atoms with Gasteiger partial charge in [0.2, 0.25) is 11.8 Å². The van der Waals surface area contributed by atoms with E-state index in [4.69, 9.17) is 0 Å². The molecule has 2 amide bonds. The minimum atomic E-state index is -0.364. The smallest absolute Gasteiger partial charge is 0.228 e. The number of amides is 2. The van der Waals surface area contributed by atoms with Gasteiger partial charge in [-0.1, -0.05) is 6.07 Å². The first-order chi connectivity index (χ1) is 12.4. The first kappa shape index (κ1) is 17.5. The molecule has 0 bridgehead atoms. The van der Waals surface area contributed by atoms with E-state index in [0.717, 1.165) is 25.8 Å². The lowest BCUT2D eigenvalue weighted by Gasteiger charge is -2.27. The molecule has 0 spiro atoms. The van der Waals surface area contributed by atoms with Crippen LogP contribution in [-0.4, -0.2) is 47.6 Å². The maximum Gasteiger partial charge on any atom is 0.228 e. The quantitative estimate of drug-likeness (QED) is 0.879. The van der Waals surface area contributed by atoms with Crippen LogP contribution >= 0.6 is 0 Å².